The summed E-state index contributed by atoms with van der Waals surface area (Å²) in [5, 5.41) is 2.94. The van der Waals surface area contributed by atoms with Gasteiger partial charge in [-0.25, -0.2) is 4.98 Å². The number of amides is 1. The summed E-state index contributed by atoms with van der Waals surface area (Å²) >= 11 is 0. The molecule has 1 fully saturated rings. The minimum atomic E-state index is -0.0819. The molecule has 0 radical (unpaired) electrons. The van der Waals surface area contributed by atoms with Gasteiger partial charge in [0.25, 0.3) is 5.91 Å². The zero-order chi connectivity index (χ0) is 18.2. The molecule has 1 aliphatic rings. The molecule has 2 aromatic rings. The van der Waals surface area contributed by atoms with E-state index in [9.17, 15) is 4.79 Å². The monoisotopic (exact) mass is 352 g/mol. The number of unbranched alkanes of at least 4 members (excludes halogenated alkanes) is 2. The molecular weight excluding hydrogens is 324 g/mol. The second-order valence-corrected chi connectivity index (χ2v) is 6.67. The van der Waals surface area contributed by atoms with Crippen molar-refractivity contribution in [1.82, 2.24) is 10.3 Å². The summed E-state index contributed by atoms with van der Waals surface area (Å²) in [6, 6.07) is 14.4. The van der Waals surface area contributed by atoms with Crippen LogP contribution in [0.3, 0.4) is 0 Å². The predicted molar refractivity (Wildman–Crippen MR) is 107 cm³/mol. The molecule has 2 heterocycles. The van der Waals surface area contributed by atoms with Crippen LogP contribution in [0.1, 0.15) is 36.7 Å². The van der Waals surface area contributed by atoms with E-state index in [4.69, 9.17) is 0 Å². The van der Waals surface area contributed by atoms with Crippen molar-refractivity contribution in [1.29, 1.82) is 0 Å². The summed E-state index contributed by atoms with van der Waals surface area (Å²) in [6.07, 6.45) is 5.13. The first-order valence-electron chi connectivity index (χ1n) is 9.57. The van der Waals surface area contributed by atoms with E-state index >= 15 is 0 Å². The Morgan fingerprint density at radius 2 is 1.65 bits per heavy atom. The van der Waals surface area contributed by atoms with Crippen molar-refractivity contribution in [2.24, 2.45) is 0 Å². The largest absolute Gasteiger partial charge is 0.368 e. The molecule has 0 atom stereocenters. The Hall–Kier alpha value is -2.56. The average molecular weight is 352 g/mol. The minimum Gasteiger partial charge on any atom is -0.368 e. The van der Waals surface area contributed by atoms with Crippen molar-refractivity contribution >= 4 is 17.3 Å². The lowest BCUT2D eigenvalue weighted by atomic mass is 10.2. The molecule has 3 rings (SSSR count). The third-order valence-corrected chi connectivity index (χ3v) is 4.81. The van der Waals surface area contributed by atoms with E-state index < -0.39 is 0 Å². The zero-order valence-electron chi connectivity index (χ0n) is 15.5. The molecule has 1 aliphatic heterocycles. The van der Waals surface area contributed by atoms with Gasteiger partial charge in [0.1, 0.15) is 5.69 Å². The van der Waals surface area contributed by atoms with E-state index in [1.807, 2.05) is 24.4 Å². The van der Waals surface area contributed by atoms with E-state index in [2.05, 4.69) is 51.3 Å². The van der Waals surface area contributed by atoms with Crippen LogP contribution in [-0.2, 0) is 0 Å². The molecule has 1 saturated heterocycles. The number of benzene rings is 1. The van der Waals surface area contributed by atoms with Gasteiger partial charge in [0.05, 0.1) is 11.9 Å². The number of nitrogens with one attached hydrogen (secondary N) is 1. The Morgan fingerprint density at radius 3 is 2.27 bits per heavy atom. The Balaban J connectivity index is 1.51. The van der Waals surface area contributed by atoms with Gasteiger partial charge < -0.3 is 15.1 Å². The van der Waals surface area contributed by atoms with Crippen molar-refractivity contribution in [2.45, 2.75) is 26.2 Å². The van der Waals surface area contributed by atoms with Crippen LogP contribution < -0.4 is 15.1 Å². The van der Waals surface area contributed by atoms with Crippen LogP contribution in [0.25, 0.3) is 0 Å². The lowest BCUT2D eigenvalue weighted by molar-refractivity contribution is 0.0948. The molecular formula is C21H28N4O. The van der Waals surface area contributed by atoms with Crippen LogP contribution in [0.15, 0.2) is 48.7 Å². The lowest BCUT2D eigenvalue weighted by Gasteiger charge is -2.37. The molecule has 5 nitrogen and oxygen atoms in total. The number of rotatable bonds is 7. The van der Waals surface area contributed by atoms with Crippen molar-refractivity contribution in [3.8, 4) is 0 Å². The number of carbonyl (C=O) groups is 1. The first-order chi connectivity index (χ1) is 12.8. The van der Waals surface area contributed by atoms with Gasteiger partial charge in [-0.3, -0.25) is 4.79 Å². The molecule has 1 amide bonds. The number of nitrogens with zero attached hydrogens (tertiary/aromatic N) is 3. The van der Waals surface area contributed by atoms with E-state index in [0.717, 1.165) is 57.7 Å². The molecule has 0 aliphatic carbocycles. The van der Waals surface area contributed by atoms with Crippen LogP contribution in [0.2, 0.25) is 0 Å². The predicted octanol–water partition coefficient (Wildman–Crippen LogP) is 3.33. The Kier molecular flexibility index (Phi) is 6.47. The average Bonchev–Trinajstić information content (AvgIpc) is 2.72. The number of aromatic nitrogens is 1. The molecule has 0 spiro atoms. The number of hydrogen-bond donors (Lipinski definition) is 1. The van der Waals surface area contributed by atoms with Crippen molar-refractivity contribution in [2.75, 3.05) is 42.5 Å². The molecule has 0 bridgehead atoms. The lowest BCUT2D eigenvalue weighted by Crippen LogP contribution is -2.46. The fourth-order valence-corrected chi connectivity index (χ4v) is 3.24. The highest BCUT2D eigenvalue weighted by molar-refractivity contribution is 5.92. The SMILES string of the molecule is CCCCCNC(=O)c1ccc(N2CCN(c3ccccc3)CC2)cn1. The summed E-state index contributed by atoms with van der Waals surface area (Å²) in [5.41, 5.74) is 2.86. The van der Waals surface area contributed by atoms with Gasteiger partial charge in [0.15, 0.2) is 0 Å². The van der Waals surface area contributed by atoms with Crippen molar-refractivity contribution < 1.29 is 4.79 Å². The van der Waals surface area contributed by atoms with Crippen molar-refractivity contribution in [3.63, 3.8) is 0 Å². The van der Waals surface area contributed by atoms with Gasteiger partial charge in [-0.2, -0.15) is 0 Å². The minimum absolute atomic E-state index is 0.0819. The van der Waals surface area contributed by atoms with E-state index in [1.165, 1.54) is 5.69 Å². The molecule has 138 valence electrons. The standard InChI is InChI=1S/C21H28N4O/c1-2-3-7-12-22-21(26)20-11-10-19(17-23-20)25-15-13-24(14-16-25)18-8-5-4-6-9-18/h4-6,8-11,17H,2-3,7,12-16H2,1H3,(H,22,26). The third-order valence-electron chi connectivity index (χ3n) is 4.81. The smallest absolute Gasteiger partial charge is 0.269 e. The van der Waals surface area contributed by atoms with Gasteiger partial charge in [-0.05, 0) is 30.7 Å². The third kappa shape index (κ3) is 4.75. The second-order valence-electron chi connectivity index (χ2n) is 6.67. The molecule has 0 unspecified atom stereocenters. The first-order valence-corrected chi connectivity index (χ1v) is 9.57. The van der Waals surface area contributed by atoms with Crippen LogP contribution in [0.5, 0.6) is 0 Å². The molecule has 5 heteroatoms. The maximum Gasteiger partial charge on any atom is 0.269 e. The maximum absolute atomic E-state index is 12.1. The summed E-state index contributed by atoms with van der Waals surface area (Å²) in [7, 11) is 0. The Morgan fingerprint density at radius 1 is 0.962 bits per heavy atom. The van der Waals surface area contributed by atoms with E-state index in [-0.39, 0.29) is 5.91 Å². The number of piperazine rings is 1. The molecule has 26 heavy (non-hydrogen) atoms. The summed E-state index contributed by atoms with van der Waals surface area (Å²) in [4.78, 5) is 21.2. The fourth-order valence-electron chi connectivity index (χ4n) is 3.24. The second kappa shape index (κ2) is 9.22. The van der Waals surface area contributed by atoms with Gasteiger partial charge >= 0.3 is 0 Å². The van der Waals surface area contributed by atoms with Crippen LogP contribution >= 0.6 is 0 Å². The highest BCUT2D eigenvalue weighted by Gasteiger charge is 2.18. The van der Waals surface area contributed by atoms with Crippen LogP contribution in [0, 0.1) is 0 Å². The molecule has 1 N–H and O–H groups in total. The first kappa shape index (κ1) is 18.2. The Labute approximate surface area is 156 Å². The zero-order valence-corrected chi connectivity index (χ0v) is 15.5. The van der Waals surface area contributed by atoms with E-state index in [1.54, 1.807) is 0 Å². The summed E-state index contributed by atoms with van der Waals surface area (Å²) in [6.45, 7) is 6.77. The Bertz CT molecular complexity index is 679. The van der Waals surface area contributed by atoms with Crippen molar-refractivity contribution in [3.05, 3.63) is 54.4 Å². The number of para-hydroxylation sites is 1. The summed E-state index contributed by atoms with van der Waals surface area (Å²) < 4.78 is 0. The van der Waals surface area contributed by atoms with Crippen LogP contribution in [-0.4, -0.2) is 43.6 Å². The van der Waals surface area contributed by atoms with Gasteiger partial charge in [-0.1, -0.05) is 38.0 Å². The molecule has 0 saturated carbocycles. The quantitative estimate of drug-likeness (QED) is 0.777. The number of carbonyl (C=O) groups excluding carboxylic acids is 1. The summed E-state index contributed by atoms with van der Waals surface area (Å²) in [5.74, 6) is -0.0819. The highest BCUT2D eigenvalue weighted by atomic mass is 16.1. The van der Waals surface area contributed by atoms with Gasteiger partial charge in [0, 0.05) is 38.4 Å². The normalized spacial score (nSPS) is 14.3. The topological polar surface area (TPSA) is 48.5 Å². The maximum atomic E-state index is 12.1. The van der Waals surface area contributed by atoms with Crippen LogP contribution in [0.4, 0.5) is 11.4 Å². The highest BCUT2D eigenvalue weighted by Crippen LogP contribution is 2.19. The van der Waals surface area contributed by atoms with Gasteiger partial charge in [-0.15, -0.1) is 0 Å². The van der Waals surface area contributed by atoms with Gasteiger partial charge in [0.2, 0.25) is 0 Å². The van der Waals surface area contributed by atoms with E-state index in [0.29, 0.717) is 5.69 Å². The molecule has 1 aromatic carbocycles. The number of hydrogen-bond acceptors (Lipinski definition) is 4. The fraction of sp³-hybridized carbons (Fsp3) is 0.429. The number of anilines is 2. The number of pyridine rings is 1. The molecule has 1 aromatic heterocycles.